The summed E-state index contributed by atoms with van der Waals surface area (Å²) in [5.41, 5.74) is 8.26. The first-order chi connectivity index (χ1) is 8.24. The Morgan fingerprint density at radius 1 is 1.41 bits per heavy atom. The maximum absolute atomic E-state index is 11.0. The highest BCUT2D eigenvalue weighted by Crippen LogP contribution is 2.23. The monoisotopic (exact) mass is 225 g/mol. The summed E-state index contributed by atoms with van der Waals surface area (Å²) in [5, 5.41) is 1.09. The Hall–Kier alpha value is -2.36. The highest BCUT2D eigenvalue weighted by Gasteiger charge is 2.09. The lowest BCUT2D eigenvalue weighted by Gasteiger charge is -2.04. The molecule has 0 radical (unpaired) electrons. The molecule has 1 aromatic carbocycles. The second-order valence-corrected chi connectivity index (χ2v) is 4.07. The van der Waals surface area contributed by atoms with Gasteiger partial charge in [-0.05, 0) is 23.8 Å². The minimum Gasteiger partial charge on any atom is -0.369 e. The van der Waals surface area contributed by atoms with Crippen LogP contribution in [0.2, 0.25) is 0 Å². The molecule has 0 bridgehead atoms. The molecule has 1 aliphatic heterocycles. The fraction of sp³-hybridized carbons (Fsp3) is 0.0769. The Bertz CT molecular complexity index is 665. The molecule has 0 saturated heterocycles. The molecule has 0 unspecified atom stereocenters. The number of nitrogens with two attached hydrogens (primary N) is 1. The van der Waals surface area contributed by atoms with Crippen LogP contribution in [0.1, 0.15) is 11.1 Å². The fourth-order valence-electron chi connectivity index (χ4n) is 2.16. The van der Waals surface area contributed by atoms with Crippen LogP contribution >= 0.6 is 0 Å². The van der Waals surface area contributed by atoms with Gasteiger partial charge in [-0.1, -0.05) is 0 Å². The van der Waals surface area contributed by atoms with Crippen molar-refractivity contribution >= 4 is 29.2 Å². The van der Waals surface area contributed by atoms with Crippen LogP contribution in [-0.4, -0.2) is 16.7 Å². The molecule has 0 atom stereocenters. The summed E-state index contributed by atoms with van der Waals surface area (Å²) in [4.78, 5) is 15.1. The van der Waals surface area contributed by atoms with E-state index in [4.69, 9.17) is 5.73 Å². The minimum absolute atomic E-state index is 0.259. The Morgan fingerprint density at radius 2 is 2.29 bits per heavy atom. The number of benzene rings is 1. The van der Waals surface area contributed by atoms with E-state index < -0.39 is 0 Å². The number of hydrogen-bond acceptors (Lipinski definition) is 2. The van der Waals surface area contributed by atoms with E-state index in [9.17, 15) is 4.79 Å². The first kappa shape index (κ1) is 9.84. The Kier molecular flexibility index (Phi) is 2.08. The van der Waals surface area contributed by atoms with Crippen molar-refractivity contribution in [1.29, 1.82) is 0 Å². The van der Waals surface area contributed by atoms with Crippen molar-refractivity contribution in [1.82, 2.24) is 4.57 Å². The second-order valence-electron chi connectivity index (χ2n) is 4.07. The molecule has 0 spiro atoms. The van der Waals surface area contributed by atoms with Crippen LogP contribution in [0.3, 0.4) is 0 Å². The third-order valence-corrected chi connectivity index (χ3v) is 2.81. The lowest BCUT2D eigenvalue weighted by atomic mass is 10.0. The maximum atomic E-state index is 11.0. The van der Waals surface area contributed by atoms with Crippen molar-refractivity contribution in [2.45, 2.75) is 6.42 Å². The van der Waals surface area contributed by atoms with Crippen LogP contribution in [0.4, 0.5) is 0 Å². The summed E-state index contributed by atoms with van der Waals surface area (Å²) in [6.07, 6.45) is 7.69. The van der Waals surface area contributed by atoms with Crippen molar-refractivity contribution in [3.8, 4) is 0 Å². The van der Waals surface area contributed by atoms with Gasteiger partial charge in [0.2, 0.25) is 5.91 Å². The standard InChI is InChI=1S/C13H11N3O/c14-12(17)7-9-5-10-1-3-16-4-2-15-8-11(6-9)13(10)16/h1-6,8H,7H2,(H2,14,17). The number of rotatable bonds is 2. The number of aromatic nitrogens is 1. The number of carbonyl (C=O) groups is 1. The highest BCUT2D eigenvalue weighted by molar-refractivity contribution is 6.01. The van der Waals surface area contributed by atoms with Gasteiger partial charge in [-0.3, -0.25) is 9.79 Å². The average molecular weight is 225 g/mol. The van der Waals surface area contributed by atoms with Crippen molar-refractivity contribution < 1.29 is 4.79 Å². The number of hydrogen-bond donors (Lipinski definition) is 1. The summed E-state index contributed by atoms with van der Waals surface area (Å²) >= 11 is 0. The Labute approximate surface area is 98.1 Å². The number of primary amides is 1. The summed E-state index contributed by atoms with van der Waals surface area (Å²) in [5.74, 6) is -0.320. The molecule has 17 heavy (non-hydrogen) atoms. The molecule has 0 fully saturated rings. The molecule has 4 nitrogen and oxygen atoms in total. The number of amides is 1. The van der Waals surface area contributed by atoms with Gasteiger partial charge in [0.05, 0.1) is 11.9 Å². The normalized spacial score (nSPS) is 12.9. The van der Waals surface area contributed by atoms with E-state index in [1.54, 1.807) is 12.4 Å². The van der Waals surface area contributed by atoms with E-state index >= 15 is 0 Å². The van der Waals surface area contributed by atoms with Gasteiger partial charge >= 0.3 is 0 Å². The van der Waals surface area contributed by atoms with Crippen LogP contribution in [-0.2, 0) is 11.2 Å². The van der Waals surface area contributed by atoms with Gasteiger partial charge in [0, 0.05) is 35.8 Å². The molecular formula is C13H11N3O. The SMILES string of the molecule is NC(=O)Cc1cc2c3c(ccn3C=CN=C2)c1. The quantitative estimate of drug-likeness (QED) is 0.827. The minimum atomic E-state index is -0.320. The van der Waals surface area contributed by atoms with E-state index in [1.165, 1.54) is 0 Å². The second kappa shape index (κ2) is 3.59. The van der Waals surface area contributed by atoms with Gasteiger partial charge in [-0.15, -0.1) is 0 Å². The lowest BCUT2D eigenvalue weighted by Crippen LogP contribution is -2.13. The summed E-state index contributed by atoms with van der Waals surface area (Å²) in [6, 6.07) is 5.97. The van der Waals surface area contributed by atoms with Gasteiger partial charge in [0.15, 0.2) is 0 Å². The van der Waals surface area contributed by atoms with Crippen LogP contribution < -0.4 is 5.73 Å². The zero-order chi connectivity index (χ0) is 11.8. The highest BCUT2D eigenvalue weighted by atomic mass is 16.1. The van der Waals surface area contributed by atoms with Gasteiger partial charge in [0.25, 0.3) is 0 Å². The first-order valence-electron chi connectivity index (χ1n) is 5.36. The fourth-order valence-corrected chi connectivity index (χ4v) is 2.16. The molecular weight excluding hydrogens is 214 g/mol. The van der Waals surface area contributed by atoms with E-state index in [-0.39, 0.29) is 12.3 Å². The maximum Gasteiger partial charge on any atom is 0.221 e. The predicted octanol–water partition coefficient (Wildman–Crippen LogP) is 1.53. The molecule has 0 saturated carbocycles. The summed E-state index contributed by atoms with van der Waals surface area (Å²) in [7, 11) is 0. The molecule has 3 rings (SSSR count). The molecule has 2 aromatic rings. The number of carbonyl (C=O) groups excluding carboxylic acids is 1. The zero-order valence-corrected chi connectivity index (χ0v) is 9.13. The van der Waals surface area contributed by atoms with E-state index in [0.717, 1.165) is 22.0 Å². The lowest BCUT2D eigenvalue weighted by molar-refractivity contribution is -0.117. The molecule has 1 aliphatic rings. The molecule has 84 valence electrons. The number of nitrogens with zero attached hydrogens (tertiary/aromatic N) is 2. The van der Waals surface area contributed by atoms with E-state index in [1.807, 2.05) is 35.2 Å². The van der Waals surface area contributed by atoms with Gasteiger partial charge in [-0.25, -0.2) is 0 Å². The van der Waals surface area contributed by atoms with Crippen LogP contribution in [0, 0.1) is 0 Å². The molecule has 1 amide bonds. The topological polar surface area (TPSA) is 60.4 Å². The van der Waals surface area contributed by atoms with Crippen LogP contribution in [0.5, 0.6) is 0 Å². The van der Waals surface area contributed by atoms with Crippen molar-refractivity contribution in [3.05, 3.63) is 41.7 Å². The molecule has 4 heteroatoms. The Balaban J connectivity index is 2.25. The van der Waals surface area contributed by atoms with Gasteiger partial charge in [0.1, 0.15) is 0 Å². The third-order valence-electron chi connectivity index (χ3n) is 2.81. The van der Waals surface area contributed by atoms with E-state index in [0.29, 0.717) is 0 Å². The van der Waals surface area contributed by atoms with Gasteiger partial charge in [-0.2, -0.15) is 0 Å². The molecule has 2 heterocycles. The molecule has 0 aliphatic carbocycles. The zero-order valence-electron chi connectivity index (χ0n) is 9.13. The average Bonchev–Trinajstić information content (AvgIpc) is 2.54. The van der Waals surface area contributed by atoms with Gasteiger partial charge < -0.3 is 10.3 Å². The smallest absolute Gasteiger partial charge is 0.221 e. The van der Waals surface area contributed by atoms with Crippen molar-refractivity contribution in [3.63, 3.8) is 0 Å². The van der Waals surface area contributed by atoms with Crippen molar-refractivity contribution in [2.75, 3.05) is 0 Å². The first-order valence-corrected chi connectivity index (χ1v) is 5.36. The summed E-state index contributed by atoms with van der Waals surface area (Å²) < 4.78 is 2.02. The molecule has 2 N–H and O–H groups in total. The summed E-state index contributed by atoms with van der Waals surface area (Å²) in [6.45, 7) is 0. The largest absolute Gasteiger partial charge is 0.369 e. The third kappa shape index (κ3) is 1.63. The predicted molar refractivity (Wildman–Crippen MR) is 67.8 cm³/mol. The van der Waals surface area contributed by atoms with Crippen LogP contribution in [0.15, 0.2) is 35.6 Å². The molecule has 1 aromatic heterocycles. The Morgan fingerprint density at radius 3 is 3.12 bits per heavy atom. The number of aliphatic imine (C=N–C) groups is 1. The van der Waals surface area contributed by atoms with Crippen LogP contribution in [0.25, 0.3) is 17.1 Å². The van der Waals surface area contributed by atoms with E-state index in [2.05, 4.69) is 4.99 Å². The van der Waals surface area contributed by atoms with Crippen molar-refractivity contribution in [2.24, 2.45) is 10.7 Å².